The molecule has 0 aliphatic carbocycles. The number of nitro benzene ring substituents is 1. The third-order valence-corrected chi connectivity index (χ3v) is 5.67. The van der Waals surface area contributed by atoms with E-state index in [1.807, 2.05) is 0 Å². The lowest BCUT2D eigenvalue weighted by molar-refractivity contribution is -0.385. The number of halogens is 1. The Hall–Kier alpha value is -3.29. The highest BCUT2D eigenvalue weighted by Gasteiger charge is 2.50. The number of rotatable bonds is 5. The highest BCUT2D eigenvalue weighted by Crippen LogP contribution is 2.31. The monoisotopic (exact) mass is 399 g/mol. The number of amides is 2. The van der Waals surface area contributed by atoms with Gasteiger partial charge in [0.25, 0.3) is 5.69 Å². The Labute approximate surface area is 167 Å². The molecule has 0 spiro atoms. The van der Waals surface area contributed by atoms with Gasteiger partial charge in [0.05, 0.1) is 4.92 Å². The SMILES string of the molecule is CN1C(=O)C(C)(Cc2ccc(F)cc2)N(C)C(=O)C1Cc1ccccc1[N+](=O)[O-]. The number of carbonyl (C=O) groups is 2. The summed E-state index contributed by atoms with van der Waals surface area (Å²) in [5, 5.41) is 11.3. The Bertz CT molecular complexity index is 963. The summed E-state index contributed by atoms with van der Waals surface area (Å²) in [4.78, 5) is 39.9. The number of hydrogen-bond donors (Lipinski definition) is 0. The fraction of sp³-hybridized carbons (Fsp3) is 0.333. The number of likely N-dealkylation sites (N-methyl/N-ethyl adjacent to an activating group) is 2. The van der Waals surface area contributed by atoms with Crippen LogP contribution in [0.4, 0.5) is 10.1 Å². The van der Waals surface area contributed by atoms with E-state index in [1.165, 1.54) is 35.0 Å². The molecule has 0 aromatic heterocycles. The highest BCUT2D eigenvalue weighted by atomic mass is 19.1. The van der Waals surface area contributed by atoms with Crippen molar-refractivity contribution >= 4 is 17.5 Å². The first kappa shape index (κ1) is 20.4. The fourth-order valence-corrected chi connectivity index (χ4v) is 3.79. The Balaban J connectivity index is 1.89. The molecule has 2 atom stereocenters. The maximum absolute atomic E-state index is 13.2. The molecule has 2 amide bonds. The van der Waals surface area contributed by atoms with Crippen molar-refractivity contribution in [3.05, 3.63) is 75.6 Å². The lowest BCUT2D eigenvalue weighted by Gasteiger charge is -2.48. The van der Waals surface area contributed by atoms with Crippen LogP contribution in [0.3, 0.4) is 0 Å². The summed E-state index contributed by atoms with van der Waals surface area (Å²) in [6.07, 6.45) is 0.284. The quantitative estimate of drug-likeness (QED) is 0.571. The number of para-hydroxylation sites is 1. The third-order valence-electron chi connectivity index (χ3n) is 5.67. The third kappa shape index (κ3) is 3.70. The minimum Gasteiger partial charge on any atom is -0.331 e. The van der Waals surface area contributed by atoms with Gasteiger partial charge in [0.1, 0.15) is 17.4 Å². The number of nitrogens with zero attached hydrogens (tertiary/aromatic N) is 3. The summed E-state index contributed by atoms with van der Waals surface area (Å²) >= 11 is 0. The summed E-state index contributed by atoms with van der Waals surface area (Å²) in [6, 6.07) is 11.2. The van der Waals surface area contributed by atoms with Crippen LogP contribution in [0.5, 0.6) is 0 Å². The minimum atomic E-state index is -1.14. The van der Waals surface area contributed by atoms with Crippen molar-refractivity contribution in [3.8, 4) is 0 Å². The van der Waals surface area contributed by atoms with Crippen LogP contribution in [0.25, 0.3) is 0 Å². The van der Waals surface area contributed by atoms with E-state index in [4.69, 9.17) is 0 Å². The Kier molecular flexibility index (Phi) is 5.37. The van der Waals surface area contributed by atoms with Crippen molar-refractivity contribution in [1.82, 2.24) is 9.80 Å². The number of piperazine rings is 1. The Morgan fingerprint density at radius 2 is 1.72 bits per heavy atom. The largest absolute Gasteiger partial charge is 0.331 e. The van der Waals surface area contributed by atoms with Gasteiger partial charge in [-0.15, -0.1) is 0 Å². The van der Waals surface area contributed by atoms with Crippen molar-refractivity contribution < 1.29 is 18.9 Å². The zero-order valence-electron chi connectivity index (χ0n) is 16.5. The van der Waals surface area contributed by atoms with E-state index in [9.17, 15) is 24.1 Å². The van der Waals surface area contributed by atoms with E-state index in [2.05, 4.69) is 0 Å². The second-order valence-electron chi connectivity index (χ2n) is 7.50. The highest BCUT2D eigenvalue weighted by molar-refractivity contribution is 5.99. The molecule has 152 valence electrons. The maximum atomic E-state index is 13.2. The van der Waals surface area contributed by atoms with Gasteiger partial charge in [-0.1, -0.05) is 30.3 Å². The summed E-state index contributed by atoms with van der Waals surface area (Å²) < 4.78 is 13.2. The fourth-order valence-electron chi connectivity index (χ4n) is 3.79. The van der Waals surface area contributed by atoms with Crippen molar-refractivity contribution in [2.75, 3.05) is 14.1 Å². The lowest BCUT2D eigenvalue weighted by atomic mass is 9.85. The molecule has 1 heterocycles. The molecular weight excluding hydrogens is 377 g/mol. The van der Waals surface area contributed by atoms with Gasteiger partial charge in [-0.2, -0.15) is 0 Å². The number of hydrogen-bond acceptors (Lipinski definition) is 4. The van der Waals surface area contributed by atoms with E-state index < -0.39 is 16.5 Å². The van der Waals surface area contributed by atoms with Gasteiger partial charge in [-0.05, 0) is 24.6 Å². The molecule has 0 saturated carbocycles. The number of benzene rings is 2. The first-order valence-electron chi connectivity index (χ1n) is 9.17. The van der Waals surface area contributed by atoms with Gasteiger partial charge < -0.3 is 9.80 Å². The first-order valence-corrected chi connectivity index (χ1v) is 9.17. The predicted molar refractivity (Wildman–Crippen MR) is 105 cm³/mol. The van der Waals surface area contributed by atoms with Crippen LogP contribution in [-0.2, 0) is 22.4 Å². The molecular formula is C21H22FN3O4. The normalized spacial score (nSPS) is 22.1. The van der Waals surface area contributed by atoms with Gasteiger partial charge >= 0.3 is 0 Å². The zero-order chi connectivity index (χ0) is 21.3. The van der Waals surface area contributed by atoms with E-state index >= 15 is 0 Å². The minimum absolute atomic E-state index is 0.0508. The molecule has 1 saturated heterocycles. The van der Waals surface area contributed by atoms with Crippen molar-refractivity contribution in [2.24, 2.45) is 0 Å². The van der Waals surface area contributed by atoms with Crippen molar-refractivity contribution in [3.63, 3.8) is 0 Å². The van der Waals surface area contributed by atoms with E-state index in [0.717, 1.165) is 5.56 Å². The van der Waals surface area contributed by atoms with Gasteiger partial charge in [-0.25, -0.2) is 4.39 Å². The predicted octanol–water partition coefficient (Wildman–Crippen LogP) is 2.58. The van der Waals surface area contributed by atoms with Gasteiger partial charge in [-0.3, -0.25) is 19.7 Å². The van der Waals surface area contributed by atoms with E-state index in [-0.39, 0.29) is 36.2 Å². The molecule has 2 aromatic rings. The summed E-state index contributed by atoms with van der Waals surface area (Å²) in [5.74, 6) is -0.942. The van der Waals surface area contributed by atoms with Gasteiger partial charge in [0, 0.05) is 38.6 Å². The van der Waals surface area contributed by atoms with E-state index in [0.29, 0.717) is 5.56 Å². The van der Waals surface area contributed by atoms with E-state index in [1.54, 1.807) is 44.3 Å². The Morgan fingerprint density at radius 3 is 2.34 bits per heavy atom. The molecule has 0 bridgehead atoms. The van der Waals surface area contributed by atoms with Crippen LogP contribution in [0.2, 0.25) is 0 Å². The number of nitro groups is 1. The van der Waals surface area contributed by atoms with Crippen molar-refractivity contribution in [1.29, 1.82) is 0 Å². The molecule has 0 radical (unpaired) electrons. The molecule has 1 aliphatic rings. The summed E-state index contributed by atoms with van der Waals surface area (Å²) in [6.45, 7) is 1.67. The molecule has 1 fully saturated rings. The molecule has 29 heavy (non-hydrogen) atoms. The number of carbonyl (C=O) groups excluding carboxylic acids is 2. The second-order valence-corrected chi connectivity index (χ2v) is 7.50. The van der Waals surface area contributed by atoms with Crippen LogP contribution >= 0.6 is 0 Å². The summed E-state index contributed by atoms with van der Waals surface area (Å²) in [7, 11) is 3.10. The average molecular weight is 399 g/mol. The van der Waals surface area contributed by atoms with Crippen LogP contribution in [0.15, 0.2) is 48.5 Å². The molecule has 2 unspecified atom stereocenters. The second kappa shape index (κ2) is 7.62. The van der Waals surface area contributed by atoms with Crippen LogP contribution in [0.1, 0.15) is 18.1 Å². The lowest BCUT2D eigenvalue weighted by Crippen LogP contribution is -2.69. The molecule has 2 aromatic carbocycles. The van der Waals surface area contributed by atoms with Crippen LogP contribution < -0.4 is 0 Å². The standard InChI is InChI=1S/C21H22FN3O4/c1-21(13-14-8-10-16(22)11-9-14)20(27)23(2)18(19(26)24(21)3)12-15-6-4-5-7-17(15)25(28)29/h4-11,18H,12-13H2,1-3H3. The molecule has 0 N–H and O–H groups in total. The van der Waals surface area contributed by atoms with Crippen LogP contribution in [-0.4, -0.2) is 52.2 Å². The molecule has 7 nitrogen and oxygen atoms in total. The topological polar surface area (TPSA) is 83.8 Å². The maximum Gasteiger partial charge on any atom is 0.272 e. The molecule has 3 rings (SSSR count). The van der Waals surface area contributed by atoms with Gasteiger partial charge in [0.2, 0.25) is 11.8 Å². The molecule has 1 aliphatic heterocycles. The molecule has 8 heteroatoms. The average Bonchev–Trinajstić information content (AvgIpc) is 2.70. The van der Waals surface area contributed by atoms with Crippen LogP contribution in [0, 0.1) is 15.9 Å². The first-order chi connectivity index (χ1) is 13.6. The van der Waals surface area contributed by atoms with Gasteiger partial charge in [0.15, 0.2) is 0 Å². The summed E-state index contributed by atoms with van der Waals surface area (Å²) in [5.41, 5.74) is -0.0927. The smallest absolute Gasteiger partial charge is 0.272 e. The zero-order valence-corrected chi connectivity index (χ0v) is 16.5. The van der Waals surface area contributed by atoms with Crippen molar-refractivity contribution in [2.45, 2.75) is 31.3 Å². The Morgan fingerprint density at radius 1 is 1.10 bits per heavy atom.